The molecule has 1 aromatic carbocycles. The van der Waals surface area contributed by atoms with Crippen LogP contribution in [-0.4, -0.2) is 38.7 Å². The fraction of sp³-hybridized carbons (Fsp3) is 0.467. The van der Waals surface area contributed by atoms with Crippen LogP contribution in [0.5, 0.6) is 0 Å². The maximum absolute atomic E-state index is 12.3. The quantitative estimate of drug-likeness (QED) is 0.637. The molecule has 116 valence electrons. The number of nitrogens with two attached hydrogens (primary N) is 1. The number of carbonyl (C=O) groups excluding carboxylic acids is 2. The summed E-state index contributed by atoms with van der Waals surface area (Å²) in [4.78, 5) is 25.8. The Labute approximate surface area is 124 Å². The number of benzene rings is 1. The van der Waals surface area contributed by atoms with E-state index in [9.17, 15) is 9.59 Å². The van der Waals surface area contributed by atoms with Gasteiger partial charge in [-0.3, -0.25) is 0 Å². The van der Waals surface area contributed by atoms with Gasteiger partial charge in [-0.25, -0.2) is 9.59 Å². The summed E-state index contributed by atoms with van der Waals surface area (Å²) in [6.45, 7) is 3.70. The van der Waals surface area contributed by atoms with E-state index in [1.54, 1.807) is 30.9 Å². The molecular formula is C15H22N2O4. The van der Waals surface area contributed by atoms with Crippen LogP contribution in [0.1, 0.15) is 30.6 Å². The molecule has 0 aromatic heterocycles. The third-order valence-corrected chi connectivity index (χ3v) is 2.89. The smallest absolute Gasteiger partial charge is 0.347 e. The van der Waals surface area contributed by atoms with Gasteiger partial charge < -0.3 is 20.1 Å². The van der Waals surface area contributed by atoms with Crippen molar-refractivity contribution in [3.8, 4) is 0 Å². The van der Waals surface area contributed by atoms with Crippen molar-refractivity contribution in [2.75, 3.05) is 31.3 Å². The van der Waals surface area contributed by atoms with Crippen LogP contribution >= 0.6 is 0 Å². The van der Waals surface area contributed by atoms with Crippen LogP contribution in [0.3, 0.4) is 0 Å². The number of nitrogens with zero attached hydrogens (tertiary/aromatic N) is 1. The molecule has 21 heavy (non-hydrogen) atoms. The predicted octanol–water partition coefficient (Wildman–Crippen LogP) is 1.83. The molecule has 0 aliphatic carbocycles. The Kier molecular flexibility index (Phi) is 6.02. The van der Waals surface area contributed by atoms with E-state index in [-0.39, 0.29) is 6.61 Å². The van der Waals surface area contributed by atoms with Gasteiger partial charge in [0.2, 0.25) is 0 Å². The normalized spacial score (nSPS) is 11.6. The number of nitrogen functional groups attached to an aromatic ring is 1. The fourth-order valence-corrected chi connectivity index (χ4v) is 1.83. The molecule has 6 heteroatoms. The zero-order chi connectivity index (χ0) is 16.0. The first kappa shape index (κ1) is 16.8. The first-order chi connectivity index (χ1) is 9.90. The van der Waals surface area contributed by atoms with Gasteiger partial charge in [0.15, 0.2) is 6.10 Å². The molecule has 0 aliphatic heterocycles. The fourth-order valence-electron chi connectivity index (χ4n) is 1.83. The second-order valence-corrected chi connectivity index (χ2v) is 4.73. The summed E-state index contributed by atoms with van der Waals surface area (Å²) in [6, 6.07) is 4.97. The van der Waals surface area contributed by atoms with Crippen molar-refractivity contribution in [3.05, 3.63) is 23.8 Å². The first-order valence-electron chi connectivity index (χ1n) is 6.85. The minimum atomic E-state index is -0.908. The second-order valence-electron chi connectivity index (χ2n) is 4.73. The Hall–Kier alpha value is -2.24. The third-order valence-electron chi connectivity index (χ3n) is 2.89. The van der Waals surface area contributed by atoms with Crippen LogP contribution < -0.4 is 10.6 Å². The minimum absolute atomic E-state index is 0.244. The van der Waals surface area contributed by atoms with Crippen molar-refractivity contribution in [2.45, 2.75) is 26.4 Å². The Morgan fingerprint density at radius 1 is 1.29 bits per heavy atom. The average molecular weight is 294 g/mol. The average Bonchev–Trinajstić information content (AvgIpc) is 2.44. The maximum Gasteiger partial charge on any atom is 0.347 e. The van der Waals surface area contributed by atoms with Crippen LogP contribution in [0.4, 0.5) is 11.4 Å². The standard InChI is InChI=1S/C15H22N2O4/c1-5-13(15(19)20-6-2)21-14(18)11-9-10(16)7-8-12(11)17(3)4/h7-9,13H,5-6,16H2,1-4H3. The molecule has 0 amide bonds. The Bertz CT molecular complexity index is 514. The van der Waals surface area contributed by atoms with Gasteiger partial charge in [-0.05, 0) is 31.5 Å². The highest BCUT2D eigenvalue weighted by Crippen LogP contribution is 2.23. The third kappa shape index (κ3) is 4.37. The molecule has 1 atom stereocenters. The number of esters is 2. The molecular weight excluding hydrogens is 272 g/mol. The Morgan fingerprint density at radius 3 is 2.48 bits per heavy atom. The maximum atomic E-state index is 12.3. The zero-order valence-electron chi connectivity index (χ0n) is 12.9. The van der Waals surface area contributed by atoms with Gasteiger partial charge in [0.25, 0.3) is 0 Å². The molecule has 0 saturated heterocycles. The highest BCUT2D eigenvalue weighted by atomic mass is 16.6. The molecule has 1 unspecified atom stereocenters. The van der Waals surface area contributed by atoms with Crippen LogP contribution in [0.25, 0.3) is 0 Å². The van der Waals surface area contributed by atoms with Crippen molar-refractivity contribution in [1.29, 1.82) is 0 Å². The highest BCUT2D eigenvalue weighted by molar-refractivity contribution is 5.98. The van der Waals surface area contributed by atoms with Gasteiger partial charge in [0.05, 0.1) is 17.9 Å². The van der Waals surface area contributed by atoms with E-state index in [0.717, 1.165) is 0 Å². The van der Waals surface area contributed by atoms with Gasteiger partial charge in [-0.2, -0.15) is 0 Å². The molecule has 0 radical (unpaired) electrons. The van der Waals surface area contributed by atoms with Gasteiger partial charge in [-0.15, -0.1) is 0 Å². The lowest BCUT2D eigenvalue weighted by atomic mass is 10.1. The lowest BCUT2D eigenvalue weighted by Gasteiger charge is -2.19. The molecule has 1 aromatic rings. The molecule has 0 bridgehead atoms. The number of carbonyl (C=O) groups is 2. The lowest BCUT2D eigenvalue weighted by molar-refractivity contribution is -0.153. The molecule has 6 nitrogen and oxygen atoms in total. The molecule has 0 heterocycles. The van der Waals surface area contributed by atoms with Gasteiger partial charge in [0.1, 0.15) is 0 Å². The molecule has 1 rings (SSSR count). The number of ether oxygens (including phenoxy) is 2. The van der Waals surface area contributed by atoms with Crippen LogP contribution in [-0.2, 0) is 14.3 Å². The van der Waals surface area contributed by atoms with Crippen molar-refractivity contribution >= 4 is 23.3 Å². The van der Waals surface area contributed by atoms with E-state index in [1.807, 2.05) is 14.1 Å². The molecule has 0 fully saturated rings. The lowest BCUT2D eigenvalue weighted by Crippen LogP contribution is -2.29. The first-order valence-corrected chi connectivity index (χ1v) is 6.85. The minimum Gasteiger partial charge on any atom is -0.463 e. The topological polar surface area (TPSA) is 81.9 Å². The van der Waals surface area contributed by atoms with Crippen LogP contribution in [0.15, 0.2) is 18.2 Å². The highest BCUT2D eigenvalue weighted by Gasteiger charge is 2.24. The van der Waals surface area contributed by atoms with E-state index >= 15 is 0 Å². The number of rotatable bonds is 6. The van der Waals surface area contributed by atoms with Crippen LogP contribution in [0.2, 0.25) is 0 Å². The summed E-state index contributed by atoms with van der Waals surface area (Å²) in [5, 5.41) is 0. The second kappa shape index (κ2) is 7.52. The summed E-state index contributed by atoms with van der Waals surface area (Å²) in [5.41, 5.74) is 7.17. The van der Waals surface area contributed by atoms with E-state index in [0.29, 0.717) is 23.4 Å². The van der Waals surface area contributed by atoms with Crippen LogP contribution in [0, 0.1) is 0 Å². The van der Waals surface area contributed by atoms with E-state index in [4.69, 9.17) is 15.2 Å². The van der Waals surface area contributed by atoms with Crippen molar-refractivity contribution in [1.82, 2.24) is 0 Å². The van der Waals surface area contributed by atoms with Gasteiger partial charge in [-0.1, -0.05) is 6.92 Å². The summed E-state index contributed by atoms with van der Waals surface area (Å²) in [6.07, 6.45) is -0.557. The zero-order valence-corrected chi connectivity index (χ0v) is 12.9. The van der Waals surface area contributed by atoms with Crippen molar-refractivity contribution < 1.29 is 19.1 Å². The summed E-state index contributed by atoms with van der Waals surface area (Å²) in [5.74, 6) is -1.13. The predicted molar refractivity (Wildman–Crippen MR) is 81.3 cm³/mol. The number of hydrogen-bond donors (Lipinski definition) is 1. The Morgan fingerprint density at radius 2 is 1.95 bits per heavy atom. The molecule has 0 saturated carbocycles. The van der Waals surface area contributed by atoms with Crippen molar-refractivity contribution in [2.24, 2.45) is 0 Å². The largest absolute Gasteiger partial charge is 0.463 e. The molecule has 0 aliphatic rings. The summed E-state index contributed by atoms with van der Waals surface area (Å²) < 4.78 is 10.1. The van der Waals surface area contributed by atoms with E-state index in [2.05, 4.69) is 0 Å². The SMILES string of the molecule is CCOC(=O)C(CC)OC(=O)c1cc(N)ccc1N(C)C. The van der Waals surface area contributed by atoms with Gasteiger partial charge >= 0.3 is 11.9 Å². The van der Waals surface area contributed by atoms with Gasteiger partial charge in [0, 0.05) is 19.8 Å². The Balaban J connectivity index is 2.97. The molecule has 0 spiro atoms. The van der Waals surface area contributed by atoms with Crippen molar-refractivity contribution in [3.63, 3.8) is 0 Å². The summed E-state index contributed by atoms with van der Waals surface area (Å²) in [7, 11) is 3.62. The monoisotopic (exact) mass is 294 g/mol. The number of hydrogen-bond acceptors (Lipinski definition) is 6. The summed E-state index contributed by atoms with van der Waals surface area (Å²) >= 11 is 0. The molecule has 2 N–H and O–H groups in total. The number of anilines is 2. The van der Waals surface area contributed by atoms with E-state index in [1.165, 1.54) is 6.07 Å². The van der Waals surface area contributed by atoms with E-state index < -0.39 is 18.0 Å².